The SMILES string of the molecule is C[C@@H](CN1CCOCC1)NC(=O)N[C@H](C)c1ccc2c(c1)CC(=O)N2. The molecule has 2 aliphatic heterocycles. The minimum Gasteiger partial charge on any atom is -0.379 e. The van der Waals surface area contributed by atoms with Gasteiger partial charge in [0.15, 0.2) is 0 Å². The van der Waals surface area contributed by atoms with Crippen LogP contribution in [-0.4, -0.2) is 55.7 Å². The average Bonchev–Trinajstić information content (AvgIpc) is 2.94. The summed E-state index contributed by atoms with van der Waals surface area (Å²) in [6.45, 7) is 8.09. The molecule has 0 saturated carbocycles. The van der Waals surface area contributed by atoms with Gasteiger partial charge in [-0.2, -0.15) is 0 Å². The van der Waals surface area contributed by atoms with E-state index in [-0.39, 0.29) is 24.0 Å². The molecule has 3 N–H and O–H groups in total. The van der Waals surface area contributed by atoms with Crippen molar-refractivity contribution in [2.24, 2.45) is 0 Å². The second-order valence-corrected chi connectivity index (χ2v) is 6.80. The molecule has 7 heteroatoms. The van der Waals surface area contributed by atoms with Gasteiger partial charge in [-0.15, -0.1) is 0 Å². The van der Waals surface area contributed by atoms with Crippen LogP contribution in [-0.2, 0) is 16.0 Å². The fourth-order valence-electron chi connectivity index (χ4n) is 3.28. The Hall–Kier alpha value is -2.12. The van der Waals surface area contributed by atoms with Crippen molar-refractivity contribution in [2.45, 2.75) is 32.4 Å². The van der Waals surface area contributed by atoms with Crippen LogP contribution < -0.4 is 16.0 Å². The van der Waals surface area contributed by atoms with Crippen molar-refractivity contribution in [3.05, 3.63) is 29.3 Å². The molecule has 0 aromatic heterocycles. The van der Waals surface area contributed by atoms with Crippen LogP contribution in [0.5, 0.6) is 0 Å². The molecule has 0 radical (unpaired) electrons. The summed E-state index contributed by atoms with van der Waals surface area (Å²) >= 11 is 0. The molecule has 0 bridgehead atoms. The quantitative estimate of drug-likeness (QED) is 0.750. The smallest absolute Gasteiger partial charge is 0.315 e. The van der Waals surface area contributed by atoms with Crippen molar-refractivity contribution >= 4 is 17.6 Å². The van der Waals surface area contributed by atoms with Gasteiger partial charge in [0.2, 0.25) is 5.91 Å². The third-order valence-corrected chi connectivity index (χ3v) is 4.62. The lowest BCUT2D eigenvalue weighted by Crippen LogP contribution is -2.48. The van der Waals surface area contributed by atoms with Gasteiger partial charge in [-0.05, 0) is 31.0 Å². The Morgan fingerprint density at radius 3 is 2.80 bits per heavy atom. The normalized spacial score (nSPS) is 19.7. The molecule has 2 aliphatic rings. The number of hydrogen-bond acceptors (Lipinski definition) is 4. The molecule has 1 saturated heterocycles. The van der Waals surface area contributed by atoms with Crippen molar-refractivity contribution in [1.29, 1.82) is 0 Å². The summed E-state index contributed by atoms with van der Waals surface area (Å²) in [4.78, 5) is 26.0. The zero-order chi connectivity index (χ0) is 17.8. The number of ether oxygens (including phenoxy) is 1. The van der Waals surface area contributed by atoms with Crippen LogP contribution in [0.3, 0.4) is 0 Å². The van der Waals surface area contributed by atoms with E-state index in [1.165, 1.54) is 0 Å². The molecular formula is C18H26N4O3. The molecule has 3 rings (SSSR count). The van der Waals surface area contributed by atoms with Gasteiger partial charge in [-0.3, -0.25) is 9.69 Å². The summed E-state index contributed by atoms with van der Waals surface area (Å²) in [5.41, 5.74) is 2.84. The van der Waals surface area contributed by atoms with E-state index in [1.54, 1.807) is 0 Å². The number of carbonyl (C=O) groups excluding carboxylic acids is 2. The Morgan fingerprint density at radius 1 is 1.28 bits per heavy atom. The highest BCUT2D eigenvalue weighted by Crippen LogP contribution is 2.26. The molecule has 3 amide bonds. The van der Waals surface area contributed by atoms with Gasteiger partial charge in [0.05, 0.1) is 25.7 Å². The molecule has 25 heavy (non-hydrogen) atoms. The van der Waals surface area contributed by atoms with E-state index in [9.17, 15) is 9.59 Å². The zero-order valence-corrected chi connectivity index (χ0v) is 14.8. The van der Waals surface area contributed by atoms with Crippen LogP contribution in [0.2, 0.25) is 0 Å². The maximum Gasteiger partial charge on any atom is 0.315 e. The second-order valence-electron chi connectivity index (χ2n) is 6.80. The highest BCUT2D eigenvalue weighted by atomic mass is 16.5. The Balaban J connectivity index is 1.48. The first-order chi connectivity index (χ1) is 12.0. The van der Waals surface area contributed by atoms with E-state index >= 15 is 0 Å². The van der Waals surface area contributed by atoms with Crippen LogP contribution >= 0.6 is 0 Å². The monoisotopic (exact) mass is 346 g/mol. The van der Waals surface area contributed by atoms with Crippen LogP contribution in [0.4, 0.5) is 10.5 Å². The van der Waals surface area contributed by atoms with Gasteiger partial charge in [0.25, 0.3) is 0 Å². The van der Waals surface area contributed by atoms with E-state index in [0.29, 0.717) is 6.42 Å². The number of amides is 3. The average molecular weight is 346 g/mol. The minimum absolute atomic E-state index is 0.0162. The highest BCUT2D eigenvalue weighted by molar-refractivity contribution is 5.99. The lowest BCUT2D eigenvalue weighted by molar-refractivity contribution is -0.115. The fraction of sp³-hybridized carbons (Fsp3) is 0.556. The van der Waals surface area contributed by atoms with Gasteiger partial charge >= 0.3 is 6.03 Å². The van der Waals surface area contributed by atoms with Gasteiger partial charge < -0.3 is 20.7 Å². The van der Waals surface area contributed by atoms with Crippen molar-refractivity contribution in [2.75, 3.05) is 38.2 Å². The standard InChI is InChI=1S/C18H26N4O3/c1-12(11-22-5-7-25-8-6-22)19-18(24)20-13(2)14-3-4-16-15(9-14)10-17(23)21-16/h3-4,9,12-13H,5-8,10-11H2,1-2H3,(H,21,23)(H2,19,20,24)/t12-,13+/m0/s1. The van der Waals surface area contributed by atoms with E-state index in [2.05, 4.69) is 20.9 Å². The van der Waals surface area contributed by atoms with Crippen molar-refractivity contribution < 1.29 is 14.3 Å². The molecule has 7 nitrogen and oxygen atoms in total. The van der Waals surface area contributed by atoms with Crippen molar-refractivity contribution in [1.82, 2.24) is 15.5 Å². The maximum atomic E-state index is 12.2. The second kappa shape index (κ2) is 7.84. The number of hydrogen-bond donors (Lipinski definition) is 3. The van der Waals surface area contributed by atoms with E-state index in [4.69, 9.17) is 4.74 Å². The lowest BCUT2D eigenvalue weighted by Gasteiger charge is -2.29. The zero-order valence-electron chi connectivity index (χ0n) is 14.8. The molecule has 1 aromatic rings. The summed E-state index contributed by atoms with van der Waals surface area (Å²) in [6.07, 6.45) is 0.401. The molecule has 1 fully saturated rings. The molecule has 2 heterocycles. The van der Waals surface area contributed by atoms with E-state index in [1.807, 2.05) is 32.0 Å². The van der Waals surface area contributed by atoms with Gasteiger partial charge in [0.1, 0.15) is 0 Å². The predicted octanol–water partition coefficient (Wildman–Crippen LogP) is 1.26. The summed E-state index contributed by atoms with van der Waals surface area (Å²) < 4.78 is 5.34. The van der Waals surface area contributed by atoms with Crippen molar-refractivity contribution in [3.63, 3.8) is 0 Å². The van der Waals surface area contributed by atoms with Crippen LogP contribution in [0.25, 0.3) is 0 Å². The Bertz CT molecular complexity index is 643. The first kappa shape index (κ1) is 17.7. The molecule has 0 unspecified atom stereocenters. The van der Waals surface area contributed by atoms with Crippen LogP contribution in [0.15, 0.2) is 18.2 Å². The number of fused-ring (bicyclic) bond motifs is 1. The molecule has 136 valence electrons. The van der Waals surface area contributed by atoms with Crippen LogP contribution in [0.1, 0.15) is 31.0 Å². The van der Waals surface area contributed by atoms with Crippen molar-refractivity contribution in [3.8, 4) is 0 Å². The summed E-state index contributed by atoms with van der Waals surface area (Å²) in [5.74, 6) is 0.0162. The third-order valence-electron chi connectivity index (χ3n) is 4.62. The number of rotatable bonds is 5. The van der Waals surface area contributed by atoms with E-state index < -0.39 is 0 Å². The fourth-order valence-corrected chi connectivity index (χ4v) is 3.28. The molecule has 1 aromatic carbocycles. The first-order valence-electron chi connectivity index (χ1n) is 8.81. The molecule has 2 atom stereocenters. The number of morpholine rings is 1. The largest absolute Gasteiger partial charge is 0.379 e. The third kappa shape index (κ3) is 4.70. The Labute approximate surface area is 148 Å². The minimum atomic E-state index is -0.178. The number of carbonyl (C=O) groups is 2. The number of anilines is 1. The summed E-state index contributed by atoms with van der Waals surface area (Å²) in [7, 11) is 0. The Kier molecular flexibility index (Phi) is 5.55. The molecule has 0 aliphatic carbocycles. The van der Waals surface area contributed by atoms with Crippen LogP contribution in [0, 0.1) is 0 Å². The lowest BCUT2D eigenvalue weighted by atomic mass is 10.0. The number of urea groups is 1. The highest BCUT2D eigenvalue weighted by Gasteiger charge is 2.20. The summed E-state index contributed by atoms with van der Waals surface area (Å²) in [6, 6.07) is 5.57. The number of nitrogens with zero attached hydrogens (tertiary/aromatic N) is 1. The summed E-state index contributed by atoms with van der Waals surface area (Å²) in [5, 5.41) is 8.77. The number of benzene rings is 1. The van der Waals surface area contributed by atoms with Gasteiger partial charge in [0, 0.05) is 31.4 Å². The van der Waals surface area contributed by atoms with E-state index in [0.717, 1.165) is 49.7 Å². The van der Waals surface area contributed by atoms with Gasteiger partial charge in [-0.25, -0.2) is 4.79 Å². The molecular weight excluding hydrogens is 320 g/mol. The first-order valence-corrected chi connectivity index (χ1v) is 8.81. The van der Waals surface area contributed by atoms with Gasteiger partial charge in [-0.1, -0.05) is 12.1 Å². The molecule has 0 spiro atoms. The maximum absolute atomic E-state index is 12.2. The topological polar surface area (TPSA) is 82.7 Å². The number of nitrogens with one attached hydrogen (secondary N) is 3. The Morgan fingerprint density at radius 2 is 2.04 bits per heavy atom. The predicted molar refractivity (Wildman–Crippen MR) is 95.6 cm³/mol.